The summed E-state index contributed by atoms with van der Waals surface area (Å²) >= 11 is 0. The van der Waals surface area contributed by atoms with Gasteiger partial charge in [0.15, 0.2) is 0 Å². The number of pyridine rings is 2. The first-order chi connectivity index (χ1) is 26.5. The lowest BCUT2D eigenvalue weighted by Gasteiger charge is -2.33. The van der Waals surface area contributed by atoms with Gasteiger partial charge in [0.2, 0.25) is 27.7 Å². The number of fused-ring (bicyclic) bond motifs is 6. The largest absolute Gasteiger partial charge is 0.472 e. The van der Waals surface area contributed by atoms with Gasteiger partial charge in [0.1, 0.15) is 23.7 Å². The number of allylic oxidation sites excluding steroid dienone is 1. The van der Waals surface area contributed by atoms with Gasteiger partial charge in [-0.15, -0.1) is 6.58 Å². The minimum Gasteiger partial charge on any atom is -0.472 e. The maximum Gasteiger partial charge on any atom is 0.318 e. The first kappa shape index (κ1) is 37.4. The van der Waals surface area contributed by atoms with Crippen molar-refractivity contribution in [1.29, 1.82) is 0 Å². The highest BCUT2D eigenvalue weighted by Gasteiger charge is 2.62. The Morgan fingerprint density at radius 2 is 1.89 bits per heavy atom. The van der Waals surface area contributed by atoms with Gasteiger partial charge < -0.3 is 29.9 Å². The van der Waals surface area contributed by atoms with Crippen molar-refractivity contribution in [2.75, 3.05) is 26.2 Å². The first-order valence-electron chi connectivity index (χ1n) is 19.6. The number of carbonyl (C=O) groups excluding carboxylic acids is 4. The summed E-state index contributed by atoms with van der Waals surface area (Å²) in [6, 6.07) is 1.41. The maximum atomic E-state index is 14.8. The predicted molar refractivity (Wildman–Crippen MR) is 202 cm³/mol. The van der Waals surface area contributed by atoms with Crippen LogP contribution in [0.5, 0.6) is 5.88 Å². The van der Waals surface area contributed by atoms with Crippen LogP contribution in [0.1, 0.15) is 76.2 Å². The highest BCUT2D eigenvalue weighted by molar-refractivity contribution is 7.91. The molecule has 2 aromatic heterocycles. The van der Waals surface area contributed by atoms with E-state index in [4.69, 9.17) is 14.5 Å². The number of nitrogens with zero attached hydrogens (tertiary/aromatic N) is 4. The van der Waals surface area contributed by atoms with Crippen LogP contribution in [0.2, 0.25) is 0 Å². The molecule has 5 amide bonds. The molecular formula is C39H49N7O8S. The lowest BCUT2D eigenvalue weighted by Crippen LogP contribution is -2.59. The van der Waals surface area contributed by atoms with Crippen LogP contribution in [0, 0.1) is 11.8 Å². The second-order valence-corrected chi connectivity index (χ2v) is 17.8. The lowest BCUT2D eigenvalue weighted by molar-refractivity contribution is -0.142. The standard InChI is InChI=1S/C39H49N7O8S/c1-2-27-20-39(27,37(49)44-55(51,52)30-11-12-30)43-34(47)32-19-29-23-46(32)36(48)33(24-8-5-6-9-24)42-38(50)45-16-14-28(22-45)53-17-7-3-4-10-25-18-26-21-40-15-13-31(26)41-35(25)54-29/h2,4,10,13,15,18,21,24,27-30,32-33H,1,3,5-9,11-12,14,16-17,19-20,22-23H2,(H,42,50)(H,43,47)(H,44,49)/t27-,28+,29-,32+,33+,39-/m1/s1. The zero-order chi connectivity index (χ0) is 38.3. The number of hydrogen-bond acceptors (Lipinski definition) is 10. The number of sulfonamides is 1. The van der Waals surface area contributed by atoms with E-state index >= 15 is 0 Å². The number of nitrogens with one attached hydrogen (secondary N) is 3. The third kappa shape index (κ3) is 7.80. The molecule has 0 aromatic carbocycles. The molecule has 15 nitrogen and oxygen atoms in total. The van der Waals surface area contributed by atoms with Crippen LogP contribution < -0.4 is 20.1 Å². The minimum absolute atomic E-state index is 0.0228. The van der Waals surface area contributed by atoms with E-state index in [0.717, 1.165) is 43.9 Å². The fourth-order valence-electron chi connectivity index (χ4n) is 8.57. The molecule has 3 N–H and O–H groups in total. The summed E-state index contributed by atoms with van der Waals surface area (Å²) in [6.45, 7) is 5.30. The smallest absolute Gasteiger partial charge is 0.318 e. The third-order valence-electron chi connectivity index (χ3n) is 12.0. The fourth-order valence-corrected chi connectivity index (χ4v) is 9.93. The van der Waals surface area contributed by atoms with Crippen LogP contribution in [-0.4, -0.2) is 113 Å². The van der Waals surface area contributed by atoms with Crippen molar-refractivity contribution in [2.24, 2.45) is 11.8 Å². The molecule has 16 heteroatoms. The normalized spacial score (nSPS) is 30.4. The Balaban J connectivity index is 1.12. The topological polar surface area (TPSA) is 189 Å². The second-order valence-electron chi connectivity index (χ2n) is 15.9. The predicted octanol–water partition coefficient (Wildman–Crippen LogP) is 2.81. The minimum atomic E-state index is -3.89. The molecule has 4 bridgehead atoms. The maximum absolute atomic E-state index is 14.8. The molecule has 55 heavy (non-hydrogen) atoms. The summed E-state index contributed by atoms with van der Waals surface area (Å²) in [6.07, 6.45) is 14.8. The van der Waals surface area contributed by atoms with E-state index < -0.39 is 62.6 Å². The van der Waals surface area contributed by atoms with Crippen molar-refractivity contribution in [2.45, 2.75) is 106 Å². The average Bonchev–Trinajstić information content (AvgIpc) is 3.94. The van der Waals surface area contributed by atoms with Crippen molar-refractivity contribution >= 4 is 50.8 Å². The molecule has 3 aliphatic carbocycles. The van der Waals surface area contributed by atoms with Crippen molar-refractivity contribution in [3.63, 3.8) is 0 Å². The van der Waals surface area contributed by atoms with Gasteiger partial charge in [-0.2, -0.15) is 0 Å². The summed E-state index contributed by atoms with van der Waals surface area (Å²) in [5, 5.41) is 6.11. The molecular weight excluding hydrogens is 727 g/mol. The SMILES string of the molecule is C=C[C@@H]1C[C@]1(NC(=O)[C@@H]1C[C@@H]2CN1C(=O)[C@H](C1CCCC1)NC(=O)N1CC[C@@H](C1)OCCCC=Cc1cc3cnccc3nc1O2)C(=O)NS(=O)(=O)C1CC1. The molecule has 0 spiro atoms. The Labute approximate surface area is 320 Å². The Hall–Kier alpha value is -4.57. The highest BCUT2D eigenvalue weighted by atomic mass is 32.2. The van der Waals surface area contributed by atoms with Crippen LogP contribution in [0.4, 0.5) is 4.79 Å². The number of hydrogen-bond donors (Lipinski definition) is 3. The van der Waals surface area contributed by atoms with Gasteiger partial charge in [-0.25, -0.2) is 18.2 Å². The quantitative estimate of drug-likeness (QED) is 0.353. The van der Waals surface area contributed by atoms with Gasteiger partial charge in [-0.3, -0.25) is 24.1 Å². The lowest BCUT2D eigenvalue weighted by atomic mass is 9.96. The Kier molecular flexibility index (Phi) is 10.3. The third-order valence-corrected chi connectivity index (χ3v) is 13.8. The van der Waals surface area contributed by atoms with Crippen LogP contribution in [0.25, 0.3) is 17.0 Å². The number of aromatic nitrogens is 2. The van der Waals surface area contributed by atoms with Crippen molar-refractivity contribution in [1.82, 2.24) is 35.1 Å². The summed E-state index contributed by atoms with van der Waals surface area (Å²) < 4.78 is 40.5. The molecule has 3 aliphatic heterocycles. The molecule has 5 fully saturated rings. The summed E-state index contributed by atoms with van der Waals surface area (Å²) in [5.41, 5.74) is -0.146. The Morgan fingerprint density at radius 3 is 2.65 bits per heavy atom. The zero-order valence-electron chi connectivity index (χ0n) is 30.9. The molecule has 5 heterocycles. The summed E-state index contributed by atoms with van der Waals surface area (Å²) in [4.78, 5) is 68.9. The van der Waals surface area contributed by atoms with E-state index in [-0.39, 0.29) is 37.4 Å². The number of urea groups is 1. The van der Waals surface area contributed by atoms with Gasteiger partial charge in [0, 0.05) is 55.4 Å². The number of amides is 5. The molecule has 8 rings (SSSR count). The number of rotatable bonds is 7. The zero-order valence-corrected chi connectivity index (χ0v) is 31.7. The Bertz CT molecular complexity index is 2000. The van der Waals surface area contributed by atoms with Crippen LogP contribution >= 0.6 is 0 Å². The van der Waals surface area contributed by atoms with Gasteiger partial charge >= 0.3 is 6.03 Å². The molecule has 6 atom stereocenters. The Morgan fingerprint density at radius 1 is 1.07 bits per heavy atom. The molecule has 3 saturated carbocycles. The molecule has 2 aromatic rings. The molecule has 0 radical (unpaired) electrons. The van der Waals surface area contributed by atoms with E-state index in [1.807, 2.05) is 18.2 Å². The van der Waals surface area contributed by atoms with Crippen molar-refractivity contribution in [3.05, 3.63) is 48.8 Å². The summed E-state index contributed by atoms with van der Waals surface area (Å²) in [5.74, 6) is -2.12. The van der Waals surface area contributed by atoms with Crippen molar-refractivity contribution in [3.8, 4) is 5.88 Å². The van der Waals surface area contributed by atoms with Crippen molar-refractivity contribution < 1.29 is 37.1 Å². The second kappa shape index (κ2) is 15.2. The van der Waals surface area contributed by atoms with E-state index in [2.05, 4.69) is 26.9 Å². The number of ether oxygens (including phenoxy) is 2. The van der Waals surface area contributed by atoms with E-state index in [1.165, 1.54) is 11.0 Å². The van der Waals surface area contributed by atoms with Crippen LogP contribution in [-0.2, 0) is 29.1 Å². The molecule has 0 unspecified atom stereocenters. The fraction of sp³-hybridized carbons (Fsp3) is 0.590. The van der Waals surface area contributed by atoms with Gasteiger partial charge in [0.05, 0.1) is 23.4 Å². The number of carbonyl (C=O) groups is 4. The molecule has 6 aliphatic rings. The molecule has 2 saturated heterocycles. The van der Waals surface area contributed by atoms with Crippen LogP contribution in [0.15, 0.2) is 43.3 Å². The van der Waals surface area contributed by atoms with E-state index in [9.17, 15) is 27.6 Å². The first-order valence-corrected chi connectivity index (χ1v) is 21.2. The average molecular weight is 776 g/mol. The van der Waals surface area contributed by atoms with Gasteiger partial charge in [-0.1, -0.05) is 31.1 Å². The summed E-state index contributed by atoms with van der Waals surface area (Å²) in [7, 11) is -3.89. The highest BCUT2D eigenvalue weighted by Crippen LogP contribution is 2.45. The molecule has 294 valence electrons. The monoisotopic (exact) mass is 775 g/mol. The van der Waals surface area contributed by atoms with E-state index in [0.29, 0.717) is 55.9 Å². The van der Waals surface area contributed by atoms with E-state index in [1.54, 1.807) is 23.4 Å². The van der Waals surface area contributed by atoms with Gasteiger partial charge in [0.25, 0.3) is 5.91 Å². The van der Waals surface area contributed by atoms with Gasteiger partial charge in [-0.05, 0) is 69.4 Å². The van der Waals surface area contributed by atoms with Crippen LogP contribution in [0.3, 0.4) is 0 Å².